The number of nitrogens with zero attached hydrogens (tertiary/aromatic N) is 2. The van der Waals surface area contributed by atoms with Crippen molar-refractivity contribution in [3.8, 4) is 0 Å². The Morgan fingerprint density at radius 2 is 1.81 bits per heavy atom. The number of benzene rings is 1. The number of rotatable bonds is 6. The van der Waals surface area contributed by atoms with Crippen molar-refractivity contribution in [1.82, 2.24) is 15.5 Å². The molecule has 1 aliphatic rings. The molecule has 1 aromatic rings. The summed E-state index contributed by atoms with van der Waals surface area (Å²) in [6, 6.07) is 7.91. The average molecular weight is 493 g/mol. The van der Waals surface area contributed by atoms with Crippen molar-refractivity contribution in [1.29, 1.82) is 0 Å². The Bertz CT molecular complexity index is 598. The molecule has 1 fully saturated rings. The molecule has 26 heavy (non-hydrogen) atoms. The van der Waals surface area contributed by atoms with Crippen LogP contribution in [0.4, 0.5) is 0 Å². The Labute approximate surface area is 179 Å². The van der Waals surface area contributed by atoms with Crippen molar-refractivity contribution in [2.45, 2.75) is 39.0 Å². The SMILES string of the molecule is CCNC(=NCC(=O)N1CCCC1)NCC(C)(C)c1ccc(Cl)cc1.I. The number of aliphatic imine (C=N–C) groups is 1. The zero-order chi connectivity index (χ0) is 18.3. The zero-order valence-corrected chi connectivity index (χ0v) is 18.9. The van der Waals surface area contributed by atoms with E-state index >= 15 is 0 Å². The Morgan fingerprint density at radius 3 is 2.38 bits per heavy atom. The molecule has 5 nitrogen and oxygen atoms in total. The maximum absolute atomic E-state index is 12.2. The van der Waals surface area contributed by atoms with Crippen LogP contribution < -0.4 is 10.6 Å². The molecule has 0 aromatic heterocycles. The largest absolute Gasteiger partial charge is 0.357 e. The molecule has 0 aliphatic carbocycles. The molecule has 0 atom stereocenters. The third kappa shape index (κ3) is 6.95. The molecule has 0 unspecified atom stereocenters. The number of likely N-dealkylation sites (tertiary alicyclic amines) is 1. The predicted octanol–water partition coefficient (Wildman–Crippen LogP) is 3.41. The van der Waals surface area contributed by atoms with Gasteiger partial charge < -0.3 is 15.5 Å². The summed E-state index contributed by atoms with van der Waals surface area (Å²) in [4.78, 5) is 18.5. The molecule has 2 rings (SSSR count). The first-order chi connectivity index (χ1) is 11.9. The zero-order valence-electron chi connectivity index (χ0n) is 15.8. The van der Waals surface area contributed by atoms with Gasteiger partial charge in [-0.25, -0.2) is 4.99 Å². The third-order valence-electron chi connectivity index (χ3n) is 4.50. The molecule has 2 N–H and O–H groups in total. The monoisotopic (exact) mass is 492 g/mol. The van der Waals surface area contributed by atoms with Gasteiger partial charge >= 0.3 is 0 Å². The first kappa shape index (κ1) is 23.0. The first-order valence-electron chi connectivity index (χ1n) is 8.98. The van der Waals surface area contributed by atoms with E-state index in [0.29, 0.717) is 12.5 Å². The fraction of sp³-hybridized carbons (Fsp3) is 0.579. The number of halogens is 2. The van der Waals surface area contributed by atoms with E-state index in [1.165, 1.54) is 5.56 Å². The molecule has 0 radical (unpaired) electrons. The van der Waals surface area contributed by atoms with Crippen LogP contribution in [0.15, 0.2) is 29.3 Å². The fourth-order valence-corrected chi connectivity index (χ4v) is 2.99. The second-order valence-electron chi connectivity index (χ2n) is 7.03. The lowest BCUT2D eigenvalue weighted by Crippen LogP contribution is -2.44. The molecule has 1 saturated heterocycles. The van der Waals surface area contributed by atoms with Crippen LogP contribution in [0, 0.1) is 0 Å². The summed E-state index contributed by atoms with van der Waals surface area (Å²) in [5.74, 6) is 0.781. The van der Waals surface area contributed by atoms with Gasteiger partial charge in [0.1, 0.15) is 6.54 Å². The number of carbonyl (C=O) groups excluding carboxylic acids is 1. The van der Waals surface area contributed by atoms with Crippen LogP contribution in [-0.2, 0) is 10.2 Å². The quantitative estimate of drug-likeness (QED) is 0.363. The van der Waals surface area contributed by atoms with E-state index in [0.717, 1.165) is 37.5 Å². The van der Waals surface area contributed by atoms with Crippen LogP contribution in [0.25, 0.3) is 0 Å². The summed E-state index contributed by atoms with van der Waals surface area (Å²) in [6.45, 7) is 9.73. The molecule has 1 aromatic carbocycles. The van der Waals surface area contributed by atoms with Crippen LogP contribution in [-0.4, -0.2) is 49.5 Å². The highest BCUT2D eigenvalue weighted by Crippen LogP contribution is 2.23. The summed E-state index contributed by atoms with van der Waals surface area (Å²) in [7, 11) is 0. The second kappa shape index (κ2) is 11.0. The third-order valence-corrected chi connectivity index (χ3v) is 4.75. The lowest BCUT2D eigenvalue weighted by molar-refractivity contribution is -0.128. The van der Waals surface area contributed by atoms with Crippen molar-refractivity contribution in [3.05, 3.63) is 34.9 Å². The van der Waals surface area contributed by atoms with E-state index in [9.17, 15) is 4.79 Å². The smallest absolute Gasteiger partial charge is 0.244 e. The molecule has 146 valence electrons. The molecular formula is C19H30ClIN4O. The van der Waals surface area contributed by atoms with Gasteiger partial charge in [0.2, 0.25) is 5.91 Å². The minimum atomic E-state index is -0.0836. The van der Waals surface area contributed by atoms with Gasteiger partial charge in [-0.3, -0.25) is 4.79 Å². The predicted molar refractivity (Wildman–Crippen MR) is 120 cm³/mol. The normalized spacial score (nSPS) is 14.8. The summed E-state index contributed by atoms with van der Waals surface area (Å²) in [5, 5.41) is 7.30. The molecule has 1 aliphatic heterocycles. The molecular weight excluding hydrogens is 463 g/mol. The van der Waals surface area contributed by atoms with Crippen molar-refractivity contribution >= 4 is 47.4 Å². The van der Waals surface area contributed by atoms with Gasteiger partial charge in [0, 0.05) is 36.6 Å². The number of nitrogens with one attached hydrogen (secondary N) is 2. The fourth-order valence-electron chi connectivity index (χ4n) is 2.86. The highest BCUT2D eigenvalue weighted by molar-refractivity contribution is 14.0. The number of carbonyl (C=O) groups is 1. The van der Waals surface area contributed by atoms with E-state index in [1.54, 1.807) is 0 Å². The van der Waals surface area contributed by atoms with Crippen LogP contribution >= 0.6 is 35.6 Å². The van der Waals surface area contributed by atoms with E-state index in [1.807, 2.05) is 36.1 Å². The minimum absolute atomic E-state index is 0. The summed E-state index contributed by atoms with van der Waals surface area (Å²) >= 11 is 5.97. The summed E-state index contributed by atoms with van der Waals surface area (Å²) in [6.07, 6.45) is 2.20. The van der Waals surface area contributed by atoms with Crippen LogP contribution in [0.5, 0.6) is 0 Å². The number of guanidine groups is 1. The first-order valence-corrected chi connectivity index (χ1v) is 9.36. The van der Waals surface area contributed by atoms with Crippen molar-refractivity contribution in [3.63, 3.8) is 0 Å². The Kier molecular flexibility index (Phi) is 9.71. The standard InChI is InChI=1S/C19H29ClN4O.HI/c1-4-21-18(22-13-17(25)24-11-5-6-12-24)23-14-19(2,3)15-7-9-16(20)10-8-15;/h7-10H,4-6,11-14H2,1-3H3,(H2,21,22,23);1H. The lowest BCUT2D eigenvalue weighted by atomic mass is 9.85. The maximum Gasteiger partial charge on any atom is 0.244 e. The van der Waals surface area contributed by atoms with Crippen molar-refractivity contribution in [2.24, 2.45) is 4.99 Å². The van der Waals surface area contributed by atoms with Crippen LogP contribution in [0.3, 0.4) is 0 Å². The number of hydrogen-bond acceptors (Lipinski definition) is 2. The Morgan fingerprint density at radius 1 is 1.19 bits per heavy atom. The lowest BCUT2D eigenvalue weighted by Gasteiger charge is -2.27. The Balaban J connectivity index is 0.00000338. The van der Waals surface area contributed by atoms with Gasteiger partial charge in [0.15, 0.2) is 5.96 Å². The average Bonchev–Trinajstić information content (AvgIpc) is 3.12. The topological polar surface area (TPSA) is 56.7 Å². The van der Waals surface area contributed by atoms with Gasteiger partial charge in [0.05, 0.1) is 0 Å². The van der Waals surface area contributed by atoms with Crippen molar-refractivity contribution in [2.75, 3.05) is 32.7 Å². The second-order valence-corrected chi connectivity index (χ2v) is 7.46. The van der Waals surface area contributed by atoms with Gasteiger partial charge in [-0.05, 0) is 37.5 Å². The van der Waals surface area contributed by atoms with Gasteiger partial charge in [0.25, 0.3) is 0 Å². The highest BCUT2D eigenvalue weighted by atomic mass is 127. The molecule has 1 heterocycles. The van der Waals surface area contributed by atoms with Gasteiger partial charge in [-0.15, -0.1) is 24.0 Å². The highest BCUT2D eigenvalue weighted by Gasteiger charge is 2.21. The maximum atomic E-state index is 12.2. The van der Waals surface area contributed by atoms with E-state index in [-0.39, 0.29) is 41.8 Å². The molecule has 1 amide bonds. The van der Waals surface area contributed by atoms with E-state index < -0.39 is 0 Å². The van der Waals surface area contributed by atoms with Crippen LogP contribution in [0.2, 0.25) is 5.02 Å². The van der Waals surface area contributed by atoms with Gasteiger partial charge in [-0.1, -0.05) is 37.6 Å². The van der Waals surface area contributed by atoms with E-state index in [2.05, 4.69) is 29.5 Å². The number of amides is 1. The summed E-state index contributed by atoms with van der Waals surface area (Å²) < 4.78 is 0. The van der Waals surface area contributed by atoms with Gasteiger partial charge in [-0.2, -0.15) is 0 Å². The summed E-state index contributed by atoms with van der Waals surface area (Å²) in [5.41, 5.74) is 1.12. The Hall–Kier alpha value is -1.02. The van der Waals surface area contributed by atoms with Crippen LogP contribution in [0.1, 0.15) is 39.2 Å². The van der Waals surface area contributed by atoms with E-state index in [4.69, 9.17) is 11.6 Å². The molecule has 0 saturated carbocycles. The molecule has 0 bridgehead atoms. The molecule has 0 spiro atoms. The number of hydrogen-bond donors (Lipinski definition) is 2. The minimum Gasteiger partial charge on any atom is -0.357 e. The molecule has 7 heteroatoms. The van der Waals surface area contributed by atoms with Crippen molar-refractivity contribution < 1.29 is 4.79 Å².